The molecule has 1 saturated carbocycles. The first kappa shape index (κ1) is 30.8. The summed E-state index contributed by atoms with van der Waals surface area (Å²) in [6.07, 6.45) is 12.1. The molecule has 1 amide bonds. The third kappa shape index (κ3) is 7.97. The van der Waals surface area contributed by atoms with E-state index >= 15 is 0 Å². The highest BCUT2D eigenvalue weighted by Gasteiger charge is 2.47. The summed E-state index contributed by atoms with van der Waals surface area (Å²) in [4.78, 5) is 33.0. The van der Waals surface area contributed by atoms with Crippen LogP contribution in [0.15, 0.2) is 18.2 Å². The Bertz CT molecular complexity index is 952. The summed E-state index contributed by atoms with van der Waals surface area (Å²) in [5, 5.41) is 4.62. The van der Waals surface area contributed by atoms with Gasteiger partial charge in [0.1, 0.15) is 11.3 Å². The quantitative estimate of drug-likeness (QED) is 0.369. The van der Waals surface area contributed by atoms with Crippen LogP contribution in [0.3, 0.4) is 0 Å². The van der Waals surface area contributed by atoms with Gasteiger partial charge >= 0.3 is 0 Å². The lowest BCUT2D eigenvalue weighted by atomic mass is 9.82. The summed E-state index contributed by atoms with van der Waals surface area (Å²) >= 11 is 12.6. The fourth-order valence-corrected chi connectivity index (χ4v) is 7.29. The van der Waals surface area contributed by atoms with E-state index in [2.05, 4.69) is 21.2 Å². The van der Waals surface area contributed by atoms with Crippen LogP contribution in [0.25, 0.3) is 0 Å². The number of benzene rings is 1. The Balaban J connectivity index is 1.36. The molecule has 2 aliphatic heterocycles. The van der Waals surface area contributed by atoms with Gasteiger partial charge in [-0.3, -0.25) is 14.5 Å². The van der Waals surface area contributed by atoms with Crippen molar-refractivity contribution in [1.29, 1.82) is 0 Å². The normalized spacial score (nSPS) is 21.9. The highest BCUT2D eigenvalue weighted by molar-refractivity contribution is 6.42. The van der Waals surface area contributed by atoms with Crippen LogP contribution in [0.1, 0.15) is 82.1 Å². The van der Waals surface area contributed by atoms with Crippen LogP contribution in [-0.4, -0.2) is 91.8 Å². The van der Waals surface area contributed by atoms with Crippen LogP contribution in [0.2, 0.25) is 10.0 Å². The van der Waals surface area contributed by atoms with Gasteiger partial charge in [-0.25, -0.2) is 0 Å². The van der Waals surface area contributed by atoms with Gasteiger partial charge < -0.3 is 15.1 Å². The van der Waals surface area contributed by atoms with Gasteiger partial charge in [0, 0.05) is 39.6 Å². The molecule has 0 bridgehead atoms. The molecule has 1 aromatic carbocycles. The van der Waals surface area contributed by atoms with E-state index in [0.717, 1.165) is 76.9 Å². The molecule has 39 heavy (non-hydrogen) atoms. The minimum Gasteiger partial charge on any atom is -0.347 e. The van der Waals surface area contributed by atoms with E-state index in [1.54, 1.807) is 4.90 Å². The Labute approximate surface area is 245 Å². The van der Waals surface area contributed by atoms with E-state index in [4.69, 9.17) is 23.2 Å². The molecule has 8 heteroatoms. The Morgan fingerprint density at radius 3 is 2.28 bits per heavy atom. The molecule has 2 saturated heterocycles. The van der Waals surface area contributed by atoms with Crippen LogP contribution in [0, 0.1) is 5.92 Å². The van der Waals surface area contributed by atoms with Gasteiger partial charge in [-0.15, -0.1) is 0 Å². The predicted octanol–water partition coefficient (Wildman–Crippen LogP) is 5.61. The van der Waals surface area contributed by atoms with Crippen molar-refractivity contribution in [2.75, 3.05) is 59.9 Å². The molecule has 3 fully saturated rings. The zero-order valence-electron chi connectivity index (χ0n) is 24.0. The molecule has 0 aromatic heterocycles. The second-order valence-corrected chi connectivity index (χ2v) is 13.0. The van der Waals surface area contributed by atoms with Gasteiger partial charge in [0.2, 0.25) is 5.91 Å². The number of hydrogen-bond donors (Lipinski definition) is 1. The lowest BCUT2D eigenvalue weighted by molar-refractivity contribution is -0.147. The fraction of sp³-hybridized carbons (Fsp3) is 0.742. The van der Waals surface area contributed by atoms with Crippen LogP contribution in [0.5, 0.6) is 0 Å². The maximum atomic E-state index is 13.4. The van der Waals surface area contributed by atoms with E-state index < -0.39 is 0 Å². The number of rotatable bonds is 11. The Hall–Kier alpha value is -1.18. The molecule has 0 radical (unpaired) electrons. The molecule has 0 spiro atoms. The molecule has 218 valence electrons. The van der Waals surface area contributed by atoms with Crippen molar-refractivity contribution >= 4 is 34.9 Å². The van der Waals surface area contributed by atoms with E-state index in [1.807, 2.05) is 26.2 Å². The van der Waals surface area contributed by atoms with E-state index in [0.29, 0.717) is 22.4 Å². The number of halogens is 2. The molecule has 1 atom stereocenters. The number of nitrogens with one attached hydrogen (secondary N) is 1. The number of likely N-dealkylation sites (N-methyl/N-ethyl adjacent to an activating group) is 1. The number of nitrogens with zero attached hydrogens (tertiary/aromatic N) is 3. The highest BCUT2D eigenvalue weighted by Crippen LogP contribution is 2.34. The van der Waals surface area contributed by atoms with Gasteiger partial charge in [-0.05, 0) is 88.2 Å². The van der Waals surface area contributed by atoms with E-state index in [9.17, 15) is 9.59 Å². The number of carbonyl (C=O) groups is 2. The SMILES string of the molecule is CN(C)C(=O)C1(N2CCCCC2)CCN(CCC(CNCC(=O)C2CCCCC2)c2ccc(Cl)c(Cl)c2)CC1. The third-order valence-electron chi connectivity index (χ3n) is 9.41. The number of piperidine rings is 2. The van der Waals surface area contributed by atoms with Gasteiger partial charge in [0.15, 0.2) is 0 Å². The molecular weight excluding hydrogens is 531 g/mol. The molecule has 1 N–H and O–H groups in total. The average Bonchev–Trinajstić information content (AvgIpc) is 2.97. The minimum absolute atomic E-state index is 0.230. The van der Waals surface area contributed by atoms with Crippen molar-refractivity contribution < 1.29 is 9.59 Å². The number of likely N-dealkylation sites (tertiary alicyclic amines) is 2. The van der Waals surface area contributed by atoms with Gasteiger partial charge in [-0.1, -0.05) is 55.0 Å². The van der Waals surface area contributed by atoms with Crippen LogP contribution >= 0.6 is 23.2 Å². The molecule has 6 nitrogen and oxygen atoms in total. The summed E-state index contributed by atoms with van der Waals surface area (Å²) in [5.74, 6) is 1.09. The Morgan fingerprint density at radius 2 is 1.64 bits per heavy atom. The zero-order valence-corrected chi connectivity index (χ0v) is 25.5. The van der Waals surface area contributed by atoms with Crippen LogP contribution < -0.4 is 5.32 Å². The Kier molecular flexibility index (Phi) is 11.5. The smallest absolute Gasteiger partial charge is 0.242 e. The predicted molar refractivity (Wildman–Crippen MR) is 161 cm³/mol. The average molecular weight is 580 g/mol. The van der Waals surface area contributed by atoms with Gasteiger partial charge in [0.25, 0.3) is 0 Å². The molecule has 4 rings (SSSR count). The number of carbonyl (C=O) groups excluding carboxylic acids is 2. The summed E-state index contributed by atoms with van der Waals surface area (Å²) in [5.41, 5.74) is 0.800. The number of amides is 1. The first-order valence-corrected chi connectivity index (χ1v) is 15.9. The molecule has 3 aliphatic rings. The molecule has 2 heterocycles. The van der Waals surface area contributed by atoms with Crippen molar-refractivity contribution in [2.24, 2.45) is 5.92 Å². The van der Waals surface area contributed by atoms with Crippen LogP contribution in [0.4, 0.5) is 0 Å². The third-order valence-corrected chi connectivity index (χ3v) is 10.1. The monoisotopic (exact) mass is 578 g/mol. The molecule has 1 aliphatic carbocycles. The minimum atomic E-state index is -0.357. The second kappa shape index (κ2) is 14.6. The standard InChI is InChI=1S/C31H48Cl2N4O2/c1-35(2)30(39)31(37-16-7-4-8-17-37)14-19-36(20-15-31)18-13-26(25-11-12-27(32)28(33)21-25)22-34-23-29(38)24-9-5-3-6-10-24/h11-12,21,24,26,34H,3-10,13-20,22-23H2,1-2H3. The topological polar surface area (TPSA) is 55.9 Å². The van der Waals surface area contributed by atoms with Crippen molar-refractivity contribution in [3.63, 3.8) is 0 Å². The highest BCUT2D eigenvalue weighted by atomic mass is 35.5. The first-order chi connectivity index (χ1) is 18.8. The van der Waals surface area contributed by atoms with E-state index in [1.165, 1.54) is 38.5 Å². The summed E-state index contributed by atoms with van der Waals surface area (Å²) in [6, 6.07) is 5.92. The Morgan fingerprint density at radius 1 is 0.974 bits per heavy atom. The second-order valence-electron chi connectivity index (χ2n) is 12.2. The largest absolute Gasteiger partial charge is 0.347 e. The molecule has 1 aromatic rings. The fourth-order valence-electron chi connectivity index (χ4n) is 6.98. The van der Waals surface area contributed by atoms with Crippen molar-refractivity contribution in [3.05, 3.63) is 33.8 Å². The number of ketones is 1. The van der Waals surface area contributed by atoms with Crippen LogP contribution in [-0.2, 0) is 9.59 Å². The zero-order chi connectivity index (χ0) is 27.8. The van der Waals surface area contributed by atoms with Crippen molar-refractivity contribution in [3.8, 4) is 0 Å². The summed E-state index contributed by atoms with van der Waals surface area (Å²) < 4.78 is 0. The first-order valence-electron chi connectivity index (χ1n) is 15.2. The maximum Gasteiger partial charge on any atom is 0.242 e. The lowest BCUT2D eigenvalue weighted by Gasteiger charge is -2.50. The van der Waals surface area contributed by atoms with Gasteiger partial charge in [-0.2, -0.15) is 0 Å². The van der Waals surface area contributed by atoms with Gasteiger partial charge in [0.05, 0.1) is 16.6 Å². The molecule has 1 unspecified atom stereocenters. The summed E-state index contributed by atoms with van der Waals surface area (Å²) in [7, 11) is 3.79. The maximum absolute atomic E-state index is 13.4. The molecular formula is C31H48Cl2N4O2. The summed E-state index contributed by atoms with van der Waals surface area (Å²) in [6.45, 7) is 6.05. The van der Waals surface area contributed by atoms with Crippen molar-refractivity contribution in [1.82, 2.24) is 20.0 Å². The lowest BCUT2D eigenvalue weighted by Crippen LogP contribution is -2.64. The van der Waals surface area contributed by atoms with E-state index in [-0.39, 0.29) is 23.3 Å². The number of hydrogen-bond acceptors (Lipinski definition) is 5. The van der Waals surface area contributed by atoms with Crippen molar-refractivity contribution in [2.45, 2.75) is 82.1 Å². The number of Topliss-reactive ketones (excluding diaryl/α,β-unsaturated/α-hetero) is 1.